The second kappa shape index (κ2) is 5.77. The molecule has 0 atom stereocenters. The summed E-state index contributed by atoms with van der Waals surface area (Å²) in [7, 11) is -4.95. The molecular formula is C12H10FIO3S. The summed E-state index contributed by atoms with van der Waals surface area (Å²) >= 11 is -2.74. The van der Waals surface area contributed by atoms with Gasteiger partial charge in [-0.3, -0.25) is 0 Å². The molecule has 0 aliphatic rings. The fourth-order valence-corrected chi connectivity index (χ4v) is 7.02. The second-order valence-electron chi connectivity index (χ2n) is 3.30. The summed E-state index contributed by atoms with van der Waals surface area (Å²) in [5.74, 6) is 0. The van der Waals surface area contributed by atoms with Crippen LogP contribution in [0.1, 0.15) is 0 Å². The Kier molecular flexibility index (Phi) is 4.31. The molecule has 0 N–H and O–H groups in total. The van der Waals surface area contributed by atoms with E-state index in [0.29, 0.717) is 0 Å². The molecule has 0 unspecified atom stereocenters. The third-order valence-electron chi connectivity index (χ3n) is 2.00. The van der Waals surface area contributed by atoms with Crippen molar-refractivity contribution in [1.29, 1.82) is 0 Å². The monoisotopic (exact) mass is 380 g/mol. The Bertz CT molecular complexity index is 562. The van der Waals surface area contributed by atoms with E-state index in [4.69, 9.17) is 0 Å². The maximum absolute atomic E-state index is 12.8. The molecule has 0 aliphatic carbocycles. The van der Waals surface area contributed by atoms with E-state index in [1.165, 1.54) is 0 Å². The van der Waals surface area contributed by atoms with Gasteiger partial charge in [-0.05, 0) is 0 Å². The topological polar surface area (TPSA) is 43.4 Å². The Morgan fingerprint density at radius 3 is 1.56 bits per heavy atom. The quantitative estimate of drug-likeness (QED) is 0.604. The summed E-state index contributed by atoms with van der Waals surface area (Å²) in [6.45, 7) is 0. The molecular weight excluding hydrogens is 370 g/mol. The molecule has 2 rings (SSSR count). The third-order valence-corrected chi connectivity index (χ3v) is 8.35. The third kappa shape index (κ3) is 3.76. The molecule has 0 bridgehead atoms. The summed E-state index contributed by atoms with van der Waals surface area (Å²) < 4.78 is 40.4. The van der Waals surface area contributed by atoms with Crippen molar-refractivity contribution in [3.63, 3.8) is 0 Å². The van der Waals surface area contributed by atoms with Crippen molar-refractivity contribution in [2.75, 3.05) is 0 Å². The summed E-state index contributed by atoms with van der Waals surface area (Å²) in [5, 5.41) is 0. The average molecular weight is 380 g/mol. The first-order valence-corrected chi connectivity index (χ1v) is 9.35. The molecule has 0 saturated carbocycles. The van der Waals surface area contributed by atoms with Gasteiger partial charge in [-0.1, -0.05) is 0 Å². The van der Waals surface area contributed by atoms with Crippen molar-refractivity contribution >= 4 is 30.7 Å². The van der Waals surface area contributed by atoms with E-state index in [9.17, 15) is 12.3 Å². The minimum absolute atomic E-state index is 0.731. The number of hydrogen-bond acceptors (Lipinski definition) is 3. The summed E-state index contributed by atoms with van der Waals surface area (Å²) in [4.78, 5) is 0. The predicted octanol–water partition coefficient (Wildman–Crippen LogP) is 3.38. The van der Waals surface area contributed by atoms with Gasteiger partial charge in [0.15, 0.2) is 0 Å². The van der Waals surface area contributed by atoms with Crippen molar-refractivity contribution in [3.05, 3.63) is 67.8 Å². The van der Waals surface area contributed by atoms with E-state index < -0.39 is 30.7 Å². The molecule has 3 nitrogen and oxygen atoms in total. The van der Waals surface area contributed by atoms with E-state index in [2.05, 4.69) is 2.51 Å². The molecule has 0 aliphatic heterocycles. The molecule has 18 heavy (non-hydrogen) atoms. The zero-order chi connectivity index (χ0) is 13.0. The molecule has 0 saturated heterocycles. The second-order valence-corrected chi connectivity index (χ2v) is 9.20. The predicted molar refractivity (Wildman–Crippen MR) is 75.4 cm³/mol. The zero-order valence-corrected chi connectivity index (χ0v) is 12.1. The van der Waals surface area contributed by atoms with Gasteiger partial charge in [0.1, 0.15) is 0 Å². The van der Waals surface area contributed by atoms with Crippen LogP contribution >= 0.6 is 20.2 Å². The number of halogens is 2. The van der Waals surface area contributed by atoms with Gasteiger partial charge in [0, 0.05) is 0 Å². The number of benzene rings is 2. The van der Waals surface area contributed by atoms with Crippen molar-refractivity contribution in [2.45, 2.75) is 0 Å². The maximum atomic E-state index is 12.8. The first kappa shape index (κ1) is 13.4. The molecule has 0 aromatic heterocycles. The molecule has 0 heterocycles. The fourth-order valence-electron chi connectivity index (χ4n) is 1.33. The van der Waals surface area contributed by atoms with Crippen LogP contribution in [0.25, 0.3) is 0 Å². The van der Waals surface area contributed by atoms with Crippen LogP contribution in [0.15, 0.2) is 60.7 Å². The Hall–Kier alpha value is -0.990. The average Bonchev–Trinajstić information content (AvgIpc) is 2.37. The van der Waals surface area contributed by atoms with E-state index in [0.717, 1.165) is 7.14 Å². The molecule has 2 aromatic rings. The SMILES string of the molecule is O=S(=O)(F)OI(c1ccccc1)c1ccccc1. The normalized spacial score (nSPS) is 12.2. The van der Waals surface area contributed by atoms with Crippen LogP contribution < -0.4 is 0 Å². The molecule has 0 amide bonds. The van der Waals surface area contributed by atoms with Crippen LogP contribution in [0, 0.1) is 7.14 Å². The van der Waals surface area contributed by atoms with Gasteiger partial charge >= 0.3 is 113 Å². The van der Waals surface area contributed by atoms with E-state index >= 15 is 0 Å². The van der Waals surface area contributed by atoms with Gasteiger partial charge < -0.3 is 0 Å². The fraction of sp³-hybridized carbons (Fsp3) is 0. The Labute approximate surface area is 113 Å². The van der Waals surface area contributed by atoms with Crippen molar-refractivity contribution in [3.8, 4) is 0 Å². The molecule has 0 radical (unpaired) electrons. The Morgan fingerprint density at radius 2 is 1.22 bits per heavy atom. The summed E-state index contributed by atoms with van der Waals surface area (Å²) in [6, 6.07) is 17.7. The van der Waals surface area contributed by atoms with Gasteiger partial charge in [-0.15, -0.1) is 0 Å². The van der Waals surface area contributed by atoms with Crippen molar-refractivity contribution in [2.24, 2.45) is 0 Å². The van der Waals surface area contributed by atoms with Crippen LogP contribution in [0.3, 0.4) is 0 Å². The molecule has 96 valence electrons. The standard InChI is InChI=1S/C12H10FIO3S/c13-18(15,16)17-14(11-7-3-1-4-8-11)12-9-5-2-6-10-12/h1-10H. The van der Waals surface area contributed by atoms with Crippen molar-refractivity contribution in [1.82, 2.24) is 0 Å². The van der Waals surface area contributed by atoms with Gasteiger partial charge in [0.25, 0.3) is 0 Å². The van der Waals surface area contributed by atoms with Gasteiger partial charge in [-0.25, -0.2) is 0 Å². The van der Waals surface area contributed by atoms with Crippen LogP contribution in [-0.4, -0.2) is 8.42 Å². The van der Waals surface area contributed by atoms with Crippen LogP contribution in [-0.2, 0) is 13.0 Å². The molecule has 6 heteroatoms. The first-order valence-electron chi connectivity index (χ1n) is 5.01. The van der Waals surface area contributed by atoms with Gasteiger partial charge in [0.2, 0.25) is 0 Å². The van der Waals surface area contributed by atoms with Gasteiger partial charge in [0.05, 0.1) is 0 Å². The van der Waals surface area contributed by atoms with Crippen LogP contribution in [0.2, 0.25) is 0 Å². The Balaban J connectivity index is 2.42. The molecule has 0 spiro atoms. The number of hydrogen-bond donors (Lipinski definition) is 0. The van der Waals surface area contributed by atoms with Gasteiger partial charge in [-0.2, -0.15) is 0 Å². The van der Waals surface area contributed by atoms with Crippen LogP contribution in [0.4, 0.5) is 3.89 Å². The zero-order valence-electron chi connectivity index (χ0n) is 9.16. The van der Waals surface area contributed by atoms with E-state index in [-0.39, 0.29) is 0 Å². The summed E-state index contributed by atoms with van der Waals surface area (Å²) in [6.07, 6.45) is 0. The van der Waals surface area contributed by atoms with E-state index in [1.807, 2.05) is 12.1 Å². The van der Waals surface area contributed by atoms with Crippen molar-refractivity contribution < 1.29 is 14.8 Å². The van der Waals surface area contributed by atoms with E-state index in [1.54, 1.807) is 48.5 Å². The molecule has 0 fully saturated rings. The molecule has 2 aromatic carbocycles. The number of rotatable bonds is 4. The minimum atomic E-state index is -4.95. The first-order chi connectivity index (χ1) is 8.56. The van der Waals surface area contributed by atoms with Crippen LogP contribution in [0.5, 0.6) is 0 Å². The summed E-state index contributed by atoms with van der Waals surface area (Å²) in [5.41, 5.74) is 0. The Morgan fingerprint density at radius 1 is 0.833 bits per heavy atom.